The Morgan fingerprint density at radius 3 is 2.59 bits per heavy atom. The fourth-order valence-electron chi connectivity index (χ4n) is 2.22. The summed E-state index contributed by atoms with van der Waals surface area (Å²) in [6.45, 7) is 3.09. The van der Waals surface area contributed by atoms with Crippen molar-refractivity contribution in [2.45, 2.75) is 19.4 Å². The molecule has 1 unspecified atom stereocenters. The lowest BCUT2D eigenvalue weighted by molar-refractivity contribution is 0.337. The molecule has 94 valence electrons. The van der Waals surface area contributed by atoms with Gasteiger partial charge in [-0.2, -0.15) is 17.0 Å². The topological polar surface area (TPSA) is 40.6 Å². The largest absolute Gasteiger partial charge is 0.281 e. The smallest absolute Gasteiger partial charge is 0.195 e. The summed E-state index contributed by atoms with van der Waals surface area (Å²) in [5.74, 6) is 0.245. The summed E-state index contributed by atoms with van der Waals surface area (Å²) in [4.78, 5) is 0. The van der Waals surface area contributed by atoms with E-state index in [1.165, 1.54) is 9.87 Å². The van der Waals surface area contributed by atoms with E-state index in [1.54, 1.807) is 18.4 Å². The lowest BCUT2D eigenvalue weighted by Crippen LogP contribution is -2.43. The third-order valence-corrected chi connectivity index (χ3v) is 5.05. The van der Waals surface area contributed by atoms with Crippen LogP contribution in [0.25, 0.3) is 0 Å². The number of hydrogen-bond donors (Lipinski definition) is 0. The lowest BCUT2D eigenvalue weighted by Gasteiger charge is -2.33. The highest BCUT2D eigenvalue weighted by atomic mass is 32.2. The van der Waals surface area contributed by atoms with Crippen molar-refractivity contribution in [2.75, 3.05) is 20.6 Å². The molecular weight excluding hydrogens is 236 g/mol. The predicted octanol–water partition coefficient (Wildman–Crippen LogP) is 1.41. The van der Waals surface area contributed by atoms with Crippen LogP contribution in [0.15, 0.2) is 24.3 Å². The van der Waals surface area contributed by atoms with Crippen molar-refractivity contribution in [3.8, 4) is 0 Å². The van der Waals surface area contributed by atoms with Crippen molar-refractivity contribution in [1.29, 1.82) is 0 Å². The molecule has 1 aromatic rings. The second-order valence-electron chi connectivity index (χ2n) is 4.68. The zero-order chi connectivity index (χ0) is 12.6. The molecule has 5 heteroatoms. The van der Waals surface area contributed by atoms with Crippen LogP contribution in [-0.4, -0.2) is 37.7 Å². The fraction of sp³-hybridized carbons (Fsp3) is 0.500. The van der Waals surface area contributed by atoms with Crippen LogP contribution in [0, 0.1) is 0 Å². The molecule has 0 N–H and O–H groups in total. The molecule has 0 spiro atoms. The fourth-order valence-corrected chi connectivity index (χ4v) is 3.40. The molecule has 1 aliphatic heterocycles. The Hall–Kier alpha value is -0.910. The molecule has 0 saturated heterocycles. The van der Waals surface area contributed by atoms with Crippen LogP contribution in [0.4, 0.5) is 0 Å². The Morgan fingerprint density at radius 2 is 1.94 bits per heavy atom. The first kappa shape index (κ1) is 12.5. The van der Waals surface area contributed by atoms with Crippen molar-refractivity contribution in [3.63, 3.8) is 0 Å². The van der Waals surface area contributed by atoms with E-state index in [0.29, 0.717) is 13.1 Å². The van der Waals surface area contributed by atoms with Crippen LogP contribution in [0.3, 0.4) is 0 Å². The van der Waals surface area contributed by atoms with Gasteiger partial charge in [-0.3, -0.25) is 0 Å². The Labute approximate surface area is 103 Å². The van der Waals surface area contributed by atoms with E-state index in [0.717, 1.165) is 5.56 Å². The highest BCUT2D eigenvalue weighted by Crippen LogP contribution is 2.29. The molecule has 0 aliphatic carbocycles. The Morgan fingerprint density at radius 1 is 1.29 bits per heavy atom. The van der Waals surface area contributed by atoms with Crippen molar-refractivity contribution < 1.29 is 8.42 Å². The van der Waals surface area contributed by atoms with Crippen molar-refractivity contribution in [1.82, 2.24) is 8.61 Å². The minimum atomic E-state index is -3.31. The monoisotopic (exact) mass is 254 g/mol. The number of hydrogen-bond acceptors (Lipinski definition) is 2. The van der Waals surface area contributed by atoms with Crippen LogP contribution in [-0.2, 0) is 16.8 Å². The minimum absolute atomic E-state index is 0.245. The zero-order valence-electron chi connectivity index (χ0n) is 10.4. The molecule has 17 heavy (non-hydrogen) atoms. The third kappa shape index (κ3) is 2.22. The maximum absolute atomic E-state index is 12.1. The van der Waals surface area contributed by atoms with Crippen LogP contribution >= 0.6 is 0 Å². The van der Waals surface area contributed by atoms with Crippen LogP contribution in [0.2, 0.25) is 0 Å². The van der Waals surface area contributed by atoms with Gasteiger partial charge in [0.05, 0.1) is 0 Å². The quantitative estimate of drug-likeness (QED) is 0.800. The van der Waals surface area contributed by atoms with Gasteiger partial charge in [-0.05, 0) is 17.0 Å². The van der Waals surface area contributed by atoms with E-state index in [2.05, 4.69) is 13.0 Å². The van der Waals surface area contributed by atoms with Crippen LogP contribution < -0.4 is 0 Å². The molecule has 2 rings (SSSR count). The van der Waals surface area contributed by atoms with E-state index >= 15 is 0 Å². The molecule has 1 aromatic carbocycles. The van der Waals surface area contributed by atoms with E-state index in [9.17, 15) is 8.42 Å². The number of benzene rings is 1. The average molecular weight is 254 g/mol. The molecule has 0 saturated carbocycles. The Kier molecular flexibility index (Phi) is 3.25. The van der Waals surface area contributed by atoms with Gasteiger partial charge >= 0.3 is 0 Å². The summed E-state index contributed by atoms with van der Waals surface area (Å²) >= 11 is 0. The Balaban J connectivity index is 2.35. The van der Waals surface area contributed by atoms with Gasteiger partial charge in [-0.1, -0.05) is 31.2 Å². The highest BCUT2D eigenvalue weighted by molar-refractivity contribution is 7.86. The zero-order valence-corrected chi connectivity index (χ0v) is 11.2. The summed E-state index contributed by atoms with van der Waals surface area (Å²) in [7, 11) is -0.169. The number of fused-ring (bicyclic) bond motifs is 1. The van der Waals surface area contributed by atoms with Gasteiger partial charge in [-0.15, -0.1) is 0 Å². The van der Waals surface area contributed by atoms with E-state index in [-0.39, 0.29) is 5.92 Å². The summed E-state index contributed by atoms with van der Waals surface area (Å²) in [6.07, 6.45) is 0. The molecule has 0 aromatic heterocycles. The second-order valence-corrected chi connectivity index (χ2v) is 6.82. The molecule has 1 aliphatic rings. The minimum Gasteiger partial charge on any atom is -0.195 e. The lowest BCUT2D eigenvalue weighted by atomic mass is 9.92. The van der Waals surface area contributed by atoms with Crippen LogP contribution in [0.5, 0.6) is 0 Å². The van der Waals surface area contributed by atoms with Gasteiger partial charge in [0.1, 0.15) is 0 Å². The van der Waals surface area contributed by atoms with Gasteiger partial charge < -0.3 is 0 Å². The molecule has 1 atom stereocenters. The summed E-state index contributed by atoms with van der Waals surface area (Å²) in [5, 5.41) is 0. The number of rotatable bonds is 2. The molecular formula is C12H18N2O2S. The molecule has 0 amide bonds. The van der Waals surface area contributed by atoms with Crippen molar-refractivity contribution in [2.24, 2.45) is 0 Å². The standard InChI is InChI=1S/C12H18N2O2S/c1-10-8-14(17(15,16)13(2)3)9-11-6-4-5-7-12(10)11/h4-7,10H,8-9H2,1-3H3. The summed E-state index contributed by atoms with van der Waals surface area (Å²) < 4.78 is 27.0. The predicted molar refractivity (Wildman–Crippen MR) is 67.9 cm³/mol. The third-order valence-electron chi connectivity index (χ3n) is 3.20. The first-order valence-corrected chi connectivity index (χ1v) is 7.08. The normalized spacial score (nSPS) is 21.5. The first-order chi connectivity index (χ1) is 7.93. The highest BCUT2D eigenvalue weighted by Gasteiger charge is 2.31. The van der Waals surface area contributed by atoms with Crippen LogP contribution in [0.1, 0.15) is 24.0 Å². The van der Waals surface area contributed by atoms with Crippen molar-refractivity contribution >= 4 is 10.2 Å². The van der Waals surface area contributed by atoms with Gasteiger partial charge in [-0.25, -0.2) is 0 Å². The summed E-state index contributed by atoms with van der Waals surface area (Å²) in [6, 6.07) is 8.05. The van der Waals surface area contributed by atoms with E-state index in [1.807, 2.05) is 18.2 Å². The molecule has 0 radical (unpaired) electrons. The molecule has 0 bridgehead atoms. The average Bonchev–Trinajstić information content (AvgIpc) is 2.28. The van der Waals surface area contributed by atoms with Gasteiger partial charge in [0, 0.05) is 27.2 Å². The molecule has 4 nitrogen and oxygen atoms in total. The molecule has 0 fully saturated rings. The first-order valence-electron chi connectivity index (χ1n) is 5.68. The molecule has 1 heterocycles. The van der Waals surface area contributed by atoms with Crippen molar-refractivity contribution in [3.05, 3.63) is 35.4 Å². The van der Waals surface area contributed by atoms with E-state index in [4.69, 9.17) is 0 Å². The Bertz CT molecular complexity index is 511. The SMILES string of the molecule is CC1CN(S(=O)(=O)N(C)C)Cc2ccccc21. The van der Waals surface area contributed by atoms with Gasteiger partial charge in [0.25, 0.3) is 10.2 Å². The van der Waals surface area contributed by atoms with Gasteiger partial charge in [0.15, 0.2) is 0 Å². The second kappa shape index (κ2) is 4.40. The maximum atomic E-state index is 12.1. The van der Waals surface area contributed by atoms with E-state index < -0.39 is 10.2 Å². The summed E-state index contributed by atoms with van der Waals surface area (Å²) in [5.41, 5.74) is 2.37. The maximum Gasteiger partial charge on any atom is 0.281 e. The number of nitrogens with zero attached hydrogens (tertiary/aromatic N) is 2. The van der Waals surface area contributed by atoms with Gasteiger partial charge in [0.2, 0.25) is 0 Å².